The largest absolute Gasteiger partial charge is 0.439 e. The van der Waals surface area contributed by atoms with E-state index in [2.05, 4.69) is 14.9 Å². The number of ether oxygens (including phenoxy) is 1. The smallest absolute Gasteiger partial charge is 0.224 e. The van der Waals surface area contributed by atoms with Crippen molar-refractivity contribution in [2.75, 3.05) is 29.5 Å². The van der Waals surface area contributed by atoms with Crippen molar-refractivity contribution in [1.82, 2.24) is 9.97 Å². The van der Waals surface area contributed by atoms with Gasteiger partial charge in [0.25, 0.3) is 0 Å². The topological polar surface area (TPSA) is 38.2 Å². The molecule has 0 saturated carbocycles. The van der Waals surface area contributed by atoms with Crippen molar-refractivity contribution in [2.24, 2.45) is 0 Å². The lowest BCUT2D eigenvalue weighted by Gasteiger charge is -2.27. The van der Waals surface area contributed by atoms with Crippen LogP contribution in [0.4, 0.5) is 5.82 Å². The van der Waals surface area contributed by atoms with E-state index in [0.717, 1.165) is 41.7 Å². The normalized spacial score (nSPS) is 15.2. The minimum Gasteiger partial charge on any atom is -0.439 e. The Morgan fingerprint density at radius 3 is 2.75 bits per heavy atom. The van der Waals surface area contributed by atoms with Crippen molar-refractivity contribution in [2.45, 2.75) is 6.92 Å². The van der Waals surface area contributed by atoms with Crippen molar-refractivity contribution in [3.8, 4) is 11.6 Å². The number of hydrogen-bond donors (Lipinski definition) is 0. The van der Waals surface area contributed by atoms with Crippen molar-refractivity contribution < 1.29 is 4.74 Å². The Labute approximate surface area is 123 Å². The number of aromatic nitrogens is 2. The van der Waals surface area contributed by atoms with Gasteiger partial charge in [0.05, 0.1) is 0 Å². The SMILES string of the molecule is Cc1ccccc1Oc1cc(N2CCSCC2)ncn1. The molecule has 1 fully saturated rings. The number of anilines is 1. The Hall–Kier alpha value is -1.75. The lowest BCUT2D eigenvalue weighted by Crippen LogP contribution is -2.33. The van der Waals surface area contributed by atoms with Crippen LogP contribution in [0.25, 0.3) is 0 Å². The predicted octanol–water partition coefficient (Wildman–Crippen LogP) is 3.13. The number of para-hydroxylation sites is 1. The molecule has 0 atom stereocenters. The molecule has 104 valence electrons. The third-order valence-electron chi connectivity index (χ3n) is 3.27. The zero-order valence-corrected chi connectivity index (χ0v) is 12.3. The van der Waals surface area contributed by atoms with E-state index in [9.17, 15) is 0 Å². The van der Waals surface area contributed by atoms with E-state index >= 15 is 0 Å². The highest BCUT2D eigenvalue weighted by Gasteiger charge is 2.13. The summed E-state index contributed by atoms with van der Waals surface area (Å²) in [5, 5.41) is 0. The number of rotatable bonds is 3. The summed E-state index contributed by atoms with van der Waals surface area (Å²) in [6, 6.07) is 9.86. The lowest BCUT2D eigenvalue weighted by molar-refractivity contribution is 0.458. The highest BCUT2D eigenvalue weighted by Crippen LogP contribution is 2.25. The van der Waals surface area contributed by atoms with E-state index in [1.807, 2.05) is 49.0 Å². The van der Waals surface area contributed by atoms with Gasteiger partial charge < -0.3 is 9.64 Å². The molecule has 1 aliphatic heterocycles. The van der Waals surface area contributed by atoms with Crippen LogP contribution in [0, 0.1) is 6.92 Å². The fourth-order valence-electron chi connectivity index (χ4n) is 2.13. The zero-order valence-electron chi connectivity index (χ0n) is 11.5. The first-order valence-corrected chi connectivity index (χ1v) is 7.86. The third-order valence-corrected chi connectivity index (χ3v) is 4.21. The molecule has 1 aromatic carbocycles. The first kappa shape index (κ1) is 13.2. The average molecular weight is 287 g/mol. The van der Waals surface area contributed by atoms with Gasteiger partial charge in [-0.05, 0) is 18.6 Å². The Balaban J connectivity index is 1.79. The molecule has 5 heteroatoms. The molecule has 0 radical (unpaired) electrons. The maximum atomic E-state index is 5.86. The van der Waals surface area contributed by atoms with E-state index in [-0.39, 0.29) is 0 Å². The van der Waals surface area contributed by atoms with Crippen LogP contribution in [0.3, 0.4) is 0 Å². The number of nitrogens with zero attached hydrogens (tertiary/aromatic N) is 3. The Kier molecular flexibility index (Phi) is 4.06. The van der Waals surface area contributed by atoms with Crippen LogP contribution in [0.1, 0.15) is 5.56 Å². The van der Waals surface area contributed by atoms with E-state index in [4.69, 9.17) is 4.74 Å². The first-order chi connectivity index (χ1) is 9.83. The quantitative estimate of drug-likeness (QED) is 0.867. The summed E-state index contributed by atoms with van der Waals surface area (Å²) >= 11 is 1.99. The molecule has 20 heavy (non-hydrogen) atoms. The van der Waals surface area contributed by atoms with Crippen molar-refractivity contribution in [1.29, 1.82) is 0 Å². The van der Waals surface area contributed by atoms with E-state index in [1.54, 1.807) is 6.33 Å². The summed E-state index contributed by atoms with van der Waals surface area (Å²) in [5.74, 6) is 4.69. The Bertz CT molecular complexity index is 585. The molecule has 2 heterocycles. The molecule has 0 bridgehead atoms. The van der Waals surface area contributed by atoms with Crippen molar-refractivity contribution in [3.63, 3.8) is 0 Å². The molecule has 0 N–H and O–H groups in total. The van der Waals surface area contributed by atoms with Gasteiger partial charge >= 0.3 is 0 Å². The summed E-state index contributed by atoms with van der Waals surface area (Å²) in [7, 11) is 0. The number of aryl methyl sites for hydroxylation is 1. The van der Waals surface area contributed by atoms with Crippen LogP contribution in [0.5, 0.6) is 11.6 Å². The van der Waals surface area contributed by atoms with Gasteiger partial charge in [0.15, 0.2) is 0 Å². The highest BCUT2D eigenvalue weighted by atomic mass is 32.2. The molecule has 0 amide bonds. The Morgan fingerprint density at radius 2 is 1.95 bits per heavy atom. The summed E-state index contributed by atoms with van der Waals surface area (Å²) in [5.41, 5.74) is 1.10. The maximum Gasteiger partial charge on any atom is 0.224 e. The number of thioether (sulfide) groups is 1. The van der Waals surface area contributed by atoms with Gasteiger partial charge in [0, 0.05) is 30.7 Å². The van der Waals surface area contributed by atoms with Crippen molar-refractivity contribution >= 4 is 17.6 Å². The second-order valence-electron chi connectivity index (χ2n) is 4.68. The molecule has 0 unspecified atom stereocenters. The highest BCUT2D eigenvalue weighted by molar-refractivity contribution is 7.99. The first-order valence-electron chi connectivity index (χ1n) is 6.71. The molecule has 0 spiro atoms. The molecule has 2 aromatic rings. The molecule has 1 aromatic heterocycles. The molecule has 1 aliphatic rings. The van der Waals surface area contributed by atoms with Crippen LogP contribution in [-0.2, 0) is 0 Å². The van der Waals surface area contributed by atoms with Gasteiger partial charge in [0.2, 0.25) is 5.88 Å². The summed E-state index contributed by atoms with van der Waals surface area (Å²) in [6.45, 7) is 4.09. The van der Waals surface area contributed by atoms with Gasteiger partial charge in [-0.2, -0.15) is 11.8 Å². The van der Waals surface area contributed by atoms with Crippen LogP contribution < -0.4 is 9.64 Å². The Morgan fingerprint density at radius 1 is 1.15 bits per heavy atom. The van der Waals surface area contributed by atoms with Crippen molar-refractivity contribution in [3.05, 3.63) is 42.2 Å². The molecule has 3 rings (SSSR count). The second kappa shape index (κ2) is 6.13. The minimum atomic E-state index is 0.600. The second-order valence-corrected chi connectivity index (χ2v) is 5.91. The monoisotopic (exact) mass is 287 g/mol. The molecule has 0 aliphatic carbocycles. The molecule has 4 nitrogen and oxygen atoms in total. The van der Waals surface area contributed by atoms with Crippen LogP contribution in [-0.4, -0.2) is 34.6 Å². The predicted molar refractivity (Wildman–Crippen MR) is 82.8 cm³/mol. The zero-order chi connectivity index (χ0) is 13.8. The van der Waals surface area contributed by atoms with E-state index in [1.165, 1.54) is 0 Å². The van der Waals surface area contributed by atoms with Crippen LogP contribution in [0.2, 0.25) is 0 Å². The van der Waals surface area contributed by atoms with Gasteiger partial charge in [-0.25, -0.2) is 9.97 Å². The number of benzene rings is 1. The minimum absolute atomic E-state index is 0.600. The average Bonchev–Trinajstić information content (AvgIpc) is 2.51. The summed E-state index contributed by atoms with van der Waals surface area (Å²) in [4.78, 5) is 10.8. The van der Waals surface area contributed by atoms with Gasteiger partial charge in [-0.3, -0.25) is 0 Å². The molecular weight excluding hydrogens is 270 g/mol. The molecule has 1 saturated heterocycles. The summed E-state index contributed by atoms with van der Waals surface area (Å²) in [6.07, 6.45) is 1.57. The van der Waals surface area contributed by atoms with E-state index in [0.29, 0.717) is 5.88 Å². The number of hydrogen-bond acceptors (Lipinski definition) is 5. The molecular formula is C15H17N3OS. The van der Waals surface area contributed by atoms with Gasteiger partial charge in [0.1, 0.15) is 17.9 Å². The lowest BCUT2D eigenvalue weighted by atomic mass is 10.2. The van der Waals surface area contributed by atoms with Gasteiger partial charge in [-0.15, -0.1) is 0 Å². The fraction of sp³-hybridized carbons (Fsp3) is 0.333. The fourth-order valence-corrected chi connectivity index (χ4v) is 3.04. The third kappa shape index (κ3) is 3.04. The van der Waals surface area contributed by atoms with E-state index < -0.39 is 0 Å². The standard InChI is InChI=1S/C15H17N3OS/c1-12-4-2-3-5-13(12)19-15-10-14(16-11-17-15)18-6-8-20-9-7-18/h2-5,10-11H,6-9H2,1H3. The van der Waals surface area contributed by atoms with Crippen LogP contribution >= 0.6 is 11.8 Å². The van der Waals surface area contributed by atoms with Crippen LogP contribution in [0.15, 0.2) is 36.7 Å². The van der Waals surface area contributed by atoms with Gasteiger partial charge in [-0.1, -0.05) is 18.2 Å². The summed E-state index contributed by atoms with van der Waals surface area (Å²) < 4.78 is 5.86. The maximum absolute atomic E-state index is 5.86.